The summed E-state index contributed by atoms with van der Waals surface area (Å²) >= 11 is 2.70. The van der Waals surface area contributed by atoms with E-state index in [-0.39, 0.29) is 6.61 Å². The van der Waals surface area contributed by atoms with E-state index >= 15 is 0 Å². The summed E-state index contributed by atoms with van der Waals surface area (Å²) < 4.78 is 7.74. The second-order valence-electron chi connectivity index (χ2n) is 1.32. The number of aliphatic hydroxyl groups is 1. The van der Waals surface area contributed by atoms with Gasteiger partial charge in [-0.05, 0) is 0 Å². The molecule has 0 amide bonds. The molecule has 0 aliphatic carbocycles. The third kappa shape index (κ3) is 2.30. The summed E-state index contributed by atoms with van der Waals surface area (Å²) in [7, 11) is 0. The molecule has 1 aromatic heterocycles. The van der Waals surface area contributed by atoms with Gasteiger partial charge in [0, 0.05) is 5.75 Å². The zero-order valence-corrected chi connectivity index (χ0v) is 6.28. The van der Waals surface area contributed by atoms with E-state index in [1.54, 1.807) is 6.20 Å². The Kier molecular flexibility index (Phi) is 2.96. The molecule has 0 aliphatic rings. The van der Waals surface area contributed by atoms with Gasteiger partial charge in [-0.1, -0.05) is 0 Å². The Bertz CT molecular complexity index is 154. The first-order valence-corrected chi connectivity index (χ1v) is 4.16. The van der Waals surface area contributed by atoms with Crippen molar-refractivity contribution in [2.75, 3.05) is 12.4 Å². The highest BCUT2D eigenvalue weighted by molar-refractivity contribution is 7.99. The Balaban J connectivity index is 2.30. The van der Waals surface area contributed by atoms with Crippen molar-refractivity contribution < 1.29 is 5.11 Å². The van der Waals surface area contributed by atoms with Gasteiger partial charge in [0.05, 0.1) is 24.5 Å². The van der Waals surface area contributed by atoms with E-state index in [1.165, 1.54) is 23.5 Å². The van der Waals surface area contributed by atoms with Crippen molar-refractivity contribution in [2.24, 2.45) is 0 Å². The summed E-state index contributed by atoms with van der Waals surface area (Å²) in [5, 5.41) is 9.30. The highest BCUT2D eigenvalue weighted by atomic mass is 32.2. The molecule has 0 unspecified atom stereocenters. The summed E-state index contributed by atoms with van der Waals surface area (Å²) in [4.78, 5) is 0. The van der Waals surface area contributed by atoms with E-state index in [0.717, 1.165) is 5.03 Å². The average Bonchev–Trinajstić information content (AvgIpc) is 2.34. The van der Waals surface area contributed by atoms with Crippen molar-refractivity contribution in [1.82, 2.24) is 8.75 Å². The summed E-state index contributed by atoms with van der Waals surface area (Å²) in [6.07, 6.45) is 1.70. The molecule has 1 heterocycles. The fourth-order valence-electron chi connectivity index (χ4n) is 0.370. The fraction of sp³-hybridized carbons (Fsp3) is 0.500. The number of nitrogens with zero attached hydrogens (tertiary/aromatic N) is 2. The maximum atomic E-state index is 8.40. The van der Waals surface area contributed by atoms with Gasteiger partial charge in [0.25, 0.3) is 0 Å². The number of aromatic nitrogens is 2. The number of hydrogen-bond acceptors (Lipinski definition) is 5. The van der Waals surface area contributed by atoms with Gasteiger partial charge >= 0.3 is 0 Å². The van der Waals surface area contributed by atoms with Gasteiger partial charge < -0.3 is 5.11 Å². The summed E-state index contributed by atoms with van der Waals surface area (Å²) in [6, 6.07) is 0. The molecule has 0 aliphatic heterocycles. The molecule has 0 aromatic carbocycles. The van der Waals surface area contributed by atoms with Crippen molar-refractivity contribution in [3.8, 4) is 0 Å². The molecule has 0 atom stereocenters. The average molecular weight is 162 g/mol. The zero-order valence-electron chi connectivity index (χ0n) is 4.65. The topological polar surface area (TPSA) is 46.0 Å². The standard InChI is InChI=1S/C4H6N2OS2/c7-1-2-8-4-3-5-9-6-4/h3,7H,1-2H2. The Morgan fingerprint density at radius 2 is 2.67 bits per heavy atom. The molecule has 0 saturated carbocycles. The lowest BCUT2D eigenvalue weighted by Gasteiger charge is -1.87. The Morgan fingerprint density at radius 1 is 1.78 bits per heavy atom. The second-order valence-corrected chi connectivity index (χ2v) is 2.99. The van der Waals surface area contributed by atoms with Crippen molar-refractivity contribution >= 4 is 23.5 Å². The summed E-state index contributed by atoms with van der Waals surface area (Å²) in [5.74, 6) is 0.700. The smallest absolute Gasteiger partial charge is 0.130 e. The van der Waals surface area contributed by atoms with Gasteiger partial charge in [-0.25, -0.2) is 0 Å². The minimum Gasteiger partial charge on any atom is -0.396 e. The van der Waals surface area contributed by atoms with Gasteiger partial charge in [-0.15, -0.1) is 11.8 Å². The molecular weight excluding hydrogens is 156 g/mol. The van der Waals surface area contributed by atoms with E-state index < -0.39 is 0 Å². The predicted molar refractivity (Wildman–Crippen MR) is 37.7 cm³/mol. The van der Waals surface area contributed by atoms with E-state index in [0.29, 0.717) is 5.75 Å². The third-order valence-corrected chi connectivity index (χ3v) is 2.16. The van der Waals surface area contributed by atoms with E-state index in [1.807, 2.05) is 0 Å². The Labute approximate surface area is 61.4 Å². The molecule has 0 saturated heterocycles. The molecule has 1 aromatic rings. The number of rotatable bonds is 3. The number of thioether (sulfide) groups is 1. The zero-order chi connectivity index (χ0) is 6.53. The van der Waals surface area contributed by atoms with Crippen molar-refractivity contribution in [1.29, 1.82) is 0 Å². The van der Waals surface area contributed by atoms with Crippen LogP contribution in [0.1, 0.15) is 0 Å². The van der Waals surface area contributed by atoms with Crippen LogP contribution in [0.5, 0.6) is 0 Å². The van der Waals surface area contributed by atoms with Crippen molar-refractivity contribution in [3.63, 3.8) is 0 Å². The first kappa shape index (κ1) is 6.98. The van der Waals surface area contributed by atoms with Crippen LogP contribution in [-0.2, 0) is 0 Å². The van der Waals surface area contributed by atoms with Crippen LogP contribution in [0.3, 0.4) is 0 Å². The molecule has 0 spiro atoms. The highest BCUT2D eigenvalue weighted by Crippen LogP contribution is 2.13. The normalized spacial score (nSPS) is 9.89. The first-order chi connectivity index (χ1) is 4.43. The monoisotopic (exact) mass is 162 g/mol. The minimum atomic E-state index is 0.197. The van der Waals surface area contributed by atoms with Crippen LogP contribution in [0.15, 0.2) is 11.2 Å². The Hall–Kier alpha value is -0.130. The second kappa shape index (κ2) is 3.81. The molecule has 0 bridgehead atoms. The molecule has 50 valence electrons. The van der Waals surface area contributed by atoms with Crippen LogP contribution in [0.25, 0.3) is 0 Å². The number of aliphatic hydroxyl groups excluding tert-OH is 1. The molecule has 5 heteroatoms. The molecule has 0 fully saturated rings. The van der Waals surface area contributed by atoms with Crippen molar-refractivity contribution in [2.45, 2.75) is 5.03 Å². The Morgan fingerprint density at radius 3 is 3.22 bits per heavy atom. The van der Waals surface area contributed by atoms with Crippen molar-refractivity contribution in [3.05, 3.63) is 6.20 Å². The van der Waals surface area contributed by atoms with Crippen LogP contribution in [0.4, 0.5) is 0 Å². The first-order valence-electron chi connectivity index (χ1n) is 2.44. The molecule has 3 nitrogen and oxygen atoms in total. The largest absolute Gasteiger partial charge is 0.396 e. The fourth-order valence-corrected chi connectivity index (χ4v) is 1.50. The molecular formula is C4H6N2OS2. The van der Waals surface area contributed by atoms with Crippen LogP contribution in [-0.4, -0.2) is 26.2 Å². The van der Waals surface area contributed by atoms with Gasteiger partial charge in [0.15, 0.2) is 0 Å². The van der Waals surface area contributed by atoms with Crippen LogP contribution in [0, 0.1) is 0 Å². The van der Waals surface area contributed by atoms with Gasteiger partial charge in [0.2, 0.25) is 0 Å². The highest BCUT2D eigenvalue weighted by Gasteiger charge is 1.93. The van der Waals surface area contributed by atoms with Gasteiger partial charge in [-0.2, -0.15) is 8.75 Å². The number of hydrogen-bond donors (Lipinski definition) is 1. The van der Waals surface area contributed by atoms with Gasteiger partial charge in [-0.3, -0.25) is 0 Å². The molecule has 9 heavy (non-hydrogen) atoms. The van der Waals surface area contributed by atoms with Crippen LogP contribution < -0.4 is 0 Å². The lowest BCUT2D eigenvalue weighted by atomic mass is 10.9. The predicted octanol–water partition coefficient (Wildman–Crippen LogP) is 0.622. The minimum absolute atomic E-state index is 0.197. The summed E-state index contributed by atoms with van der Waals surface area (Å²) in [6.45, 7) is 0.197. The van der Waals surface area contributed by atoms with Gasteiger partial charge in [0.1, 0.15) is 5.03 Å². The van der Waals surface area contributed by atoms with E-state index in [4.69, 9.17) is 5.11 Å². The lowest BCUT2D eigenvalue weighted by molar-refractivity contribution is 0.322. The lowest BCUT2D eigenvalue weighted by Crippen LogP contribution is -1.84. The third-order valence-electron chi connectivity index (χ3n) is 0.682. The van der Waals surface area contributed by atoms with E-state index in [9.17, 15) is 0 Å². The summed E-state index contributed by atoms with van der Waals surface area (Å²) in [5.41, 5.74) is 0. The quantitative estimate of drug-likeness (QED) is 0.662. The molecule has 0 radical (unpaired) electrons. The van der Waals surface area contributed by atoms with Crippen LogP contribution in [0.2, 0.25) is 0 Å². The SMILES string of the molecule is OCCSc1cnsn1. The maximum absolute atomic E-state index is 8.40. The maximum Gasteiger partial charge on any atom is 0.130 e. The molecule has 1 rings (SSSR count). The van der Waals surface area contributed by atoms with Crippen LogP contribution >= 0.6 is 23.5 Å². The van der Waals surface area contributed by atoms with E-state index in [2.05, 4.69) is 8.75 Å². The molecule has 1 N–H and O–H groups in total.